The molecule has 452 valence electrons. The summed E-state index contributed by atoms with van der Waals surface area (Å²) in [5.41, 5.74) is 0. The maximum absolute atomic E-state index is 13.6. The van der Waals surface area contributed by atoms with Crippen LogP contribution < -0.4 is 5.32 Å². The number of hydrogen-bond donors (Lipinski definition) is 2. The van der Waals surface area contributed by atoms with Gasteiger partial charge in [-0.05, 0) is 31.8 Å². The Bertz CT molecular complexity index is 1310. The maximum atomic E-state index is 13.6. The van der Waals surface area contributed by atoms with E-state index >= 15 is 0 Å². The first-order chi connectivity index (χ1) is 36.9. The lowest BCUT2D eigenvalue weighted by Gasteiger charge is -2.27. The highest BCUT2D eigenvalue weighted by Crippen LogP contribution is 2.43. The third-order valence-corrected chi connectivity index (χ3v) is 16.5. The monoisotopic (exact) mass is 1100 g/mol. The van der Waals surface area contributed by atoms with Crippen LogP contribution in [0, 0.1) is 0 Å². The van der Waals surface area contributed by atoms with Crippen LogP contribution in [0.2, 0.25) is 0 Å². The summed E-state index contributed by atoms with van der Waals surface area (Å²) >= 11 is 0. The van der Waals surface area contributed by atoms with Crippen molar-refractivity contribution < 1.29 is 37.3 Å². The first kappa shape index (κ1) is 74.8. The molecule has 0 saturated carbocycles. The molecule has 0 aromatic heterocycles. The number of nitrogens with zero attached hydrogens (tertiary/aromatic N) is 1. The molecule has 0 aromatic carbocycles. The predicted octanol–water partition coefficient (Wildman–Crippen LogP) is 20.7. The number of carbonyl (C=O) groups is 2. The predicted molar refractivity (Wildman–Crippen MR) is 328 cm³/mol. The van der Waals surface area contributed by atoms with Crippen LogP contribution in [0.1, 0.15) is 348 Å². The van der Waals surface area contributed by atoms with E-state index in [9.17, 15) is 19.0 Å². The van der Waals surface area contributed by atoms with Gasteiger partial charge in [-0.25, -0.2) is 4.57 Å². The number of ether oxygens (including phenoxy) is 1. The third-order valence-electron chi connectivity index (χ3n) is 15.5. The second kappa shape index (κ2) is 57.0. The molecule has 2 N–H and O–H groups in total. The van der Waals surface area contributed by atoms with Crippen LogP contribution in [0.4, 0.5) is 0 Å². The van der Waals surface area contributed by atoms with E-state index in [1.54, 1.807) is 0 Å². The van der Waals surface area contributed by atoms with Crippen LogP contribution in [0.3, 0.4) is 0 Å². The Kier molecular flexibility index (Phi) is 56.1. The Morgan fingerprint density at radius 1 is 0.447 bits per heavy atom. The van der Waals surface area contributed by atoms with Crippen molar-refractivity contribution in [1.82, 2.24) is 5.32 Å². The molecule has 76 heavy (non-hydrogen) atoms. The Balaban J connectivity index is 5.06. The number of esters is 1. The number of nitrogens with one attached hydrogen (secondary N) is 1. The number of allylic oxidation sites excluding steroid dienone is 1. The minimum Gasteiger partial charge on any atom is -0.456 e. The zero-order chi connectivity index (χ0) is 55.7. The summed E-state index contributed by atoms with van der Waals surface area (Å²) in [5, 5.41) is 3.07. The van der Waals surface area contributed by atoms with Crippen LogP contribution in [-0.2, 0) is 27.9 Å². The zero-order valence-corrected chi connectivity index (χ0v) is 52.7. The maximum Gasteiger partial charge on any atom is 0.472 e. The summed E-state index contributed by atoms with van der Waals surface area (Å²) in [6, 6.07) is -0.839. The van der Waals surface area contributed by atoms with E-state index in [1.165, 1.54) is 257 Å². The number of amides is 1. The van der Waals surface area contributed by atoms with E-state index < -0.39 is 20.0 Å². The van der Waals surface area contributed by atoms with Gasteiger partial charge in [0, 0.05) is 12.8 Å². The number of phosphoric acid groups is 1. The smallest absolute Gasteiger partial charge is 0.456 e. The molecule has 0 heterocycles. The molecule has 0 fully saturated rings. The van der Waals surface area contributed by atoms with E-state index in [-0.39, 0.29) is 25.1 Å². The fourth-order valence-corrected chi connectivity index (χ4v) is 11.0. The van der Waals surface area contributed by atoms with Gasteiger partial charge in [-0.1, -0.05) is 316 Å². The van der Waals surface area contributed by atoms with Crippen molar-refractivity contribution in [3.05, 3.63) is 12.2 Å². The van der Waals surface area contributed by atoms with Crippen molar-refractivity contribution in [3.63, 3.8) is 0 Å². The molecule has 0 saturated heterocycles. The lowest BCUT2D eigenvalue weighted by atomic mass is 10.0. The molecule has 0 bridgehead atoms. The molecule has 9 nitrogen and oxygen atoms in total. The Morgan fingerprint density at radius 3 is 1.08 bits per heavy atom. The molecule has 0 aromatic rings. The second-order valence-corrected chi connectivity index (χ2v) is 25.8. The van der Waals surface area contributed by atoms with E-state index in [4.69, 9.17) is 13.8 Å². The number of hydrogen-bond acceptors (Lipinski definition) is 6. The van der Waals surface area contributed by atoms with Crippen molar-refractivity contribution in [2.24, 2.45) is 0 Å². The molecular formula is C66H132N2O7P+. The molecule has 0 aliphatic carbocycles. The van der Waals surface area contributed by atoms with Crippen LogP contribution in [0.15, 0.2) is 12.2 Å². The third kappa shape index (κ3) is 57.4. The summed E-state index contributed by atoms with van der Waals surface area (Å²) < 4.78 is 30.8. The van der Waals surface area contributed by atoms with Gasteiger partial charge in [0.15, 0.2) is 0 Å². The molecule has 0 radical (unpaired) electrons. The molecule has 0 rings (SSSR count). The number of unbranched alkanes of at least 4 members (excludes halogenated alkanes) is 46. The summed E-state index contributed by atoms with van der Waals surface area (Å²) in [5.74, 6) is -0.480. The van der Waals surface area contributed by atoms with E-state index in [1.807, 2.05) is 33.3 Å². The fourth-order valence-electron chi connectivity index (χ4n) is 10.3. The molecule has 0 spiro atoms. The van der Waals surface area contributed by atoms with E-state index in [0.717, 1.165) is 57.8 Å². The lowest BCUT2D eigenvalue weighted by molar-refractivity contribution is -0.870. The van der Waals surface area contributed by atoms with Gasteiger partial charge in [0.05, 0.1) is 33.8 Å². The summed E-state index contributed by atoms with van der Waals surface area (Å²) in [6.07, 6.45) is 66.4. The molecule has 3 atom stereocenters. The van der Waals surface area contributed by atoms with Crippen LogP contribution >= 0.6 is 7.82 Å². The molecular weight excluding hydrogens is 964 g/mol. The molecule has 1 amide bonds. The second-order valence-electron chi connectivity index (χ2n) is 24.4. The lowest BCUT2D eigenvalue weighted by Crippen LogP contribution is -2.47. The van der Waals surface area contributed by atoms with Crippen LogP contribution in [0.5, 0.6) is 0 Å². The van der Waals surface area contributed by atoms with Crippen molar-refractivity contribution in [2.75, 3.05) is 40.9 Å². The fraction of sp³-hybridized carbons (Fsp3) is 0.939. The highest BCUT2D eigenvalue weighted by Gasteiger charge is 2.30. The zero-order valence-electron chi connectivity index (χ0n) is 51.8. The Hall–Kier alpha value is -1.25. The normalized spacial score (nSPS) is 13.6. The van der Waals surface area contributed by atoms with Gasteiger partial charge in [0.2, 0.25) is 5.91 Å². The minimum atomic E-state index is -4.44. The number of rotatable bonds is 62. The average Bonchev–Trinajstić information content (AvgIpc) is 3.38. The summed E-state index contributed by atoms with van der Waals surface area (Å²) in [6.45, 7) is 7.08. The summed E-state index contributed by atoms with van der Waals surface area (Å²) in [4.78, 5) is 37.8. The van der Waals surface area contributed by atoms with Crippen LogP contribution in [0.25, 0.3) is 0 Å². The van der Waals surface area contributed by atoms with Gasteiger partial charge in [-0.2, -0.15) is 0 Å². The topological polar surface area (TPSA) is 111 Å². The molecule has 0 aliphatic rings. The minimum absolute atomic E-state index is 0.0459. The summed E-state index contributed by atoms with van der Waals surface area (Å²) in [7, 11) is 1.52. The Labute approximate surface area is 473 Å². The largest absolute Gasteiger partial charge is 0.472 e. The van der Waals surface area contributed by atoms with Gasteiger partial charge in [0.25, 0.3) is 0 Å². The number of quaternary nitrogens is 1. The first-order valence-corrected chi connectivity index (χ1v) is 35.0. The van der Waals surface area contributed by atoms with Crippen LogP contribution in [-0.4, -0.2) is 74.3 Å². The Morgan fingerprint density at radius 2 is 0.750 bits per heavy atom. The number of carbonyl (C=O) groups excluding carboxylic acids is 2. The van der Waals surface area contributed by atoms with Gasteiger partial charge >= 0.3 is 13.8 Å². The van der Waals surface area contributed by atoms with Crippen molar-refractivity contribution in [1.29, 1.82) is 0 Å². The van der Waals surface area contributed by atoms with Gasteiger partial charge < -0.3 is 19.4 Å². The van der Waals surface area contributed by atoms with E-state index in [0.29, 0.717) is 23.9 Å². The van der Waals surface area contributed by atoms with Crippen molar-refractivity contribution in [3.8, 4) is 0 Å². The SMILES string of the molecule is CCCCCCCCCCCC/C=C\C(OC(=O)CCCCCCCCCCCCCCCCC)C(COP(=O)(O)OCC[N+](C)(C)C)NC(=O)CCCCCCCCCCCCCCCCCCCCCCCCC. The number of phosphoric ester groups is 1. The molecule has 0 aliphatic heterocycles. The van der Waals surface area contributed by atoms with Crippen molar-refractivity contribution in [2.45, 2.75) is 360 Å². The van der Waals surface area contributed by atoms with Gasteiger partial charge in [-0.15, -0.1) is 0 Å². The number of likely N-dealkylation sites (N-methyl/N-ethyl adjacent to an activating group) is 1. The van der Waals surface area contributed by atoms with Gasteiger partial charge in [-0.3, -0.25) is 18.6 Å². The first-order valence-electron chi connectivity index (χ1n) is 33.5. The molecule has 10 heteroatoms. The van der Waals surface area contributed by atoms with Crippen molar-refractivity contribution >= 4 is 19.7 Å². The van der Waals surface area contributed by atoms with E-state index in [2.05, 4.69) is 26.1 Å². The average molecular weight is 1100 g/mol. The highest BCUT2D eigenvalue weighted by atomic mass is 31.2. The highest BCUT2D eigenvalue weighted by molar-refractivity contribution is 7.47. The molecule has 3 unspecified atom stereocenters. The standard InChI is InChI=1S/C66H131N2O7P/c1-7-10-13-16-19-22-25-28-30-31-32-33-34-35-36-37-39-40-43-46-49-52-55-58-65(69)67-63(62-74-76(71,72)73-61-60-68(4,5)6)64(57-54-51-48-45-42-27-24-21-18-15-12-9-3)75-66(70)59-56-53-50-47-44-41-38-29-26-23-20-17-14-11-8-2/h54,57,63-64H,7-53,55-56,58-62H2,1-6H3,(H-,67,69,71,72)/p+1/b57-54-. The van der Waals surface area contributed by atoms with Gasteiger partial charge in [0.1, 0.15) is 19.3 Å². The quantitative estimate of drug-likeness (QED) is 0.0205.